The number of nitrogens with two attached hydrogens (primary N) is 2. The SMILES string of the molecule is NC(=O)c1ccc(NC(=O)c2cccc(N)c2Br)cc1. The van der Waals surface area contributed by atoms with Crippen LogP contribution in [0, 0.1) is 0 Å². The fourth-order valence-electron chi connectivity index (χ4n) is 1.64. The second-order valence-electron chi connectivity index (χ2n) is 4.10. The van der Waals surface area contributed by atoms with Gasteiger partial charge < -0.3 is 16.8 Å². The molecular weight excluding hydrogens is 322 g/mol. The Morgan fingerprint density at radius 2 is 1.70 bits per heavy atom. The summed E-state index contributed by atoms with van der Waals surface area (Å²) in [7, 11) is 0. The summed E-state index contributed by atoms with van der Waals surface area (Å²) in [6, 6.07) is 11.4. The lowest BCUT2D eigenvalue weighted by Crippen LogP contribution is -2.14. The van der Waals surface area contributed by atoms with Crippen molar-refractivity contribution in [1.82, 2.24) is 0 Å². The Labute approximate surface area is 124 Å². The Balaban J connectivity index is 2.19. The maximum Gasteiger partial charge on any atom is 0.256 e. The molecule has 2 aromatic rings. The van der Waals surface area contributed by atoms with Crippen molar-refractivity contribution in [2.45, 2.75) is 0 Å². The highest BCUT2D eigenvalue weighted by Gasteiger charge is 2.12. The van der Waals surface area contributed by atoms with Gasteiger partial charge in [-0.2, -0.15) is 0 Å². The van der Waals surface area contributed by atoms with Crippen LogP contribution in [0.15, 0.2) is 46.9 Å². The Kier molecular flexibility index (Phi) is 4.05. The van der Waals surface area contributed by atoms with E-state index in [1.54, 1.807) is 42.5 Å². The van der Waals surface area contributed by atoms with E-state index in [0.717, 1.165) is 0 Å². The van der Waals surface area contributed by atoms with Crippen molar-refractivity contribution in [3.8, 4) is 0 Å². The molecule has 0 radical (unpaired) electrons. The molecule has 102 valence electrons. The highest BCUT2D eigenvalue weighted by molar-refractivity contribution is 9.10. The third kappa shape index (κ3) is 2.97. The molecule has 0 aliphatic rings. The number of hydrogen-bond donors (Lipinski definition) is 3. The van der Waals surface area contributed by atoms with E-state index in [0.29, 0.717) is 27.0 Å². The number of carbonyl (C=O) groups excluding carboxylic acids is 2. The van der Waals surface area contributed by atoms with Crippen molar-refractivity contribution in [2.75, 3.05) is 11.1 Å². The second-order valence-corrected chi connectivity index (χ2v) is 4.90. The van der Waals surface area contributed by atoms with Gasteiger partial charge in [-0.15, -0.1) is 0 Å². The standard InChI is InChI=1S/C14H12BrN3O2/c15-12-10(2-1-3-11(12)16)14(20)18-9-6-4-8(5-7-9)13(17)19/h1-7H,16H2,(H2,17,19)(H,18,20). The second kappa shape index (κ2) is 5.75. The summed E-state index contributed by atoms with van der Waals surface area (Å²) in [6.45, 7) is 0. The predicted molar refractivity (Wildman–Crippen MR) is 81.5 cm³/mol. The molecule has 6 heteroatoms. The summed E-state index contributed by atoms with van der Waals surface area (Å²) in [6.07, 6.45) is 0. The third-order valence-corrected chi connectivity index (χ3v) is 3.59. The molecule has 2 amide bonds. The molecule has 0 saturated heterocycles. The average Bonchev–Trinajstić information content (AvgIpc) is 2.42. The molecule has 5 N–H and O–H groups in total. The lowest BCUT2D eigenvalue weighted by molar-refractivity contribution is 0.0998. The molecule has 5 nitrogen and oxygen atoms in total. The molecule has 0 aliphatic carbocycles. The smallest absolute Gasteiger partial charge is 0.256 e. The van der Waals surface area contributed by atoms with E-state index in [9.17, 15) is 9.59 Å². The van der Waals surface area contributed by atoms with Crippen molar-refractivity contribution in [2.24, 2.45) is 5.73 Å². The summed E-state index contributed by atoms with van der Waals surface area (Å²) in [5.41, 5.74) is 12.7. The Hall–Kier alpha value is -2.34. The van der Waals surface area contributed by atoms with Gasteiger partial charge in [0.15, 0.2) is 0 Å². The van der Waals surface area contributed by atoms with Gasteiger partial charge in [-0.25, -0.2) is 0 Å². The van der Waals surface area contributed by atoms with Crippen LogP contribution in [0.25, 0.3) is 0 Å². The van der Waals surface area contributed by atoms with Gasteiger partial charge in [-0.05, 0) is 52.3 Å². The minimum absolute atomic E-state index is 0.295. The molecule has 2 rings (SSSR count). The molecule has 0 atom stereocenters. The van der Waals surface area contributed by atoms with Gasteiger partial charge >= 0.3 is 0 Å². The normalized spacial score (nSPS) is 10.1. The number of nitrogen functional groups attached to an aromatic ring is 1. The lowest BCUT2D eigenvalue weighted by atomic mass is 10.1. The van der Waals surface area contributed by atoms with E-state index >= 15 is 0 Å². The first-order chi connectivity index (χ1) is 9.49. The predicted octanol–water partition coefficient (Wildman–Crippen LogP) is 2.38. The van der Waals surface area contributed by atoms with Gasteiger partial charge in [0.05, 0.1) is 10.0 Å². The van der Waals surface area contributed by atoms with Crippen LogP contribution in [0.5, 0.6) is 0 Å². The Morgan fingerprint density at radius 1 is 1.05 bits per heavy atom. The van der Waals surface area contributed by atoms with Crippen molar-refractivity contribution < 1.29 is 9.59 Å². The van der Waals surface area contributed by atoms with Crippen LogP contribution >= 0.6 is 15.9 Å². The van der Waals surface area contributed by atoms with Gasteiger partial charge in [0.2, 0.25) is 5.91 Å². The van der Waals surface area contributed by atoms with Gasteiger partial charge in [-0.3, -0.25) is 9.59 Å². The lowest BCUT2D eigenvalue weighted by Gasteiger charge is -2.08. The number of halogens is 1. The third-order valence-electron chi connectivity index (χ3n) is 2.70. The zero-order valence-electron chi connectivity index (χ0n) is 10.4. The Bertz CT molecular complexity index is 669. The van der Waals surface area contributed by atoms with E-state index < -0.39 is 5.91 Å². The number of amides is 2. The van der Waals surface area contributed by atoms with Crippen molar-refractivity contribution >= 4 is 39.1 Å². The molecule has 0 fully saturated rings. The molecule has 0 unspecified atom stereocenters. The number of rotatable bonds is 3. The first-order valence-electron chi connectivity index (χ1n) is 5.74. The first-order valence-corrected chi connectivity index (χ1v) is 6.53. The summed E-state index contributed by atoms with van der Waals surface area (Å²) >= 11 is 3.28. The molecule has 20 heavy (non-hydrogen) atoms. The van der Waals surface area contributed by atoms with Crippen LogP contribution in [-0.2, 0) is 0 Å². The fraction of sp³-hybridized carbons (Fsp3) is 0. The van der Waals surface area contributed by atoms with Crippen molar-refractivity contribution in [3.05, 3.63) is 58.1 Å². The van der Waals surface area contributed by atoms with Crippen LogP contribution < -0.4 is 16.8 Å². The zero-order chi connectivity index (χ0) is 14.7. The number of hydrogen-bond acceptors (Lipinski definition) is 3. The van der Waals surface area contributed by atoms with E-state index in [4.69, 9.17) is 11.5 Å². The van der Waals surface area contributed by atoms with E-state index in [-0.39, 0.29) is 5.91 Å². The number of benzene rings is 2. The van der Waals surface area contributed by atoms with E-state index in [1.165, 1.54) is 0 Å². The molecular formula is C14H12BrN3O2. The van der Waals surface area contributed by atoms with Crippen LogP contribution in [0.1, 0.15) is 20.7 Å². The van der Waals surface area contributed by atoms with Gasteiger partial charge in [0.25, 0.3) is 5.91 Å². The highest BCUT2D eigenvalue weighted by Crippen LogP contribution is 2.24. The molecule has 0 aromatic heterocycles. The topological polar surface area (TPSA) is 98.2 Å². The fourth-order valence-corrected chi connectivity index (χ4v) is 2.09. The summed E-state index contributed by atoms with van der Waals surface area (Å²) < 4.78 is 0.547. The van der Waals surface area contributed by atoms with Gasteiger partial charge in [0.1, 0.15) is 0 Å². The summed E-state index contributed by atoms with van der Waals surface area (Å²) in [5, 5.41) is 2.72. The number of carbonyl (C=O) groups is 2. The monoisotopic (exact) mass is 333 g/mol. The maximum atomic E-state index is 12.1. The maximum absolute atomic E-state index is 12.1. The van der Waals surface area contributed by atoms with E-state index in [1.807, 2.05) is 0 Å². The highest BCUT2D eigenvalue weighted by atomic mass is 79.9. The van der Waals surface area contributed by atoms with Crippen LogP contribution in [-0.4, -0.2) is 11.8 Å². The van der Waals surface area contributed by atoms with Crippen LogP contribution in [0.2, 0.25) is 0 Å². The Morgan fingerprint density at radius 3 is 2.30 bits per heavy atom. The van der Waals surface area contributed by atoms with Crippen molar-refractivity contribution in [1.29, 1.82) is 0 Å². The molecule has 0 aliphatic heterocycles. The average molecular weight is 334 g/mol. The molecule has 0 heterocycles. The summed E-state index contributed by atoms with van der Waals surface area (Å²) in [5.74, 6) is -0.808. The molecule has 0 spiro atoms. The van der Waals surface area contributed by atoms with Gasteiger partial charge in [-0.1, -0.05) is 6.07 Å². The largest absolute Gasteiger partial charge is 0.398 e. The first kappa shape index (κ1) is 14.1. The van der Waals surface area contributed by atoms with Crippen LogP contribution in [0.4, 0.5) is 11.4 Å². The zero-order valence-corrected chi connectivity index (χ0v) is 12.0. The van der Waals surface area contributed by atoms with Gasteiger partial charge in [0, 0.05) is 16.9 Å². The van der Waals surface area contributed by atoms with E-state index in [2.05, 4.69) is 21.2 Å². The number of anilines is 2. The number of nitrogens with one attached hydrogen (secondary N) is 1. The quantitative estimate of drug-likeness (QED) is 0.752. The summed E-state index contributed by atoms with van der Waals surface area (Å²) in [4.78, 5) is 23.1. The minimum Gasteiger partial charge on any atom is -0.398 e. The molecule has 0 bridgehead atoms. The minimum atomic E-state index is -0.513. The molecule has 2 aromatic carbocycles. The molecule has 0 saturated carbocycles. The van der Waals surface area contributed by atoms with Crippen LogP contribution in [0.3, 0.4) is 0 Å². The number of primary amides is 1. The van der Waals surface area contributed by atoms with Crippen molar-refractivity contribution in [3.63, 3.8) is 0 Å².